The number of hydrogen-bond acceptors (Lipinski definition) is 9. The molecule has 0 radical (unpaired) electrons. The summed E-state index contributed by atoms with van der Waals surface area (Å²) in [5.41, 5.74) is 0.583. The summed E-state index contributed by atoms with van der Waals surface area (Å²) in [6, 6.07) is 7.70. The van der Waals surface area contributed by atoms with Crippen molar-refractivity contribution in [3.05, 3.63) is 48.5 Å². The van der Waals surface area contributed by atoms with E-state index in [-0.39, 0.29) is 36.6 Å². The van der Waals surface area contributed by atoms with Crippen LogP contribution in [0.4, 0.5) is 15.4 Å². The zero-order valence-corrected chi connectivity index (χ0v) is 21.7. The first kappa shape index (κ1) is 27.3. The van der Waals surface area contributed by atoms with Crippen molar-refractivity contribution in [3.8, 4) is 0 Å². The predicted molar refractivity (Wildman–Crippen MR) is 137 cm³/mol. The lowest BCUT2D eigenvalue weighted by molar-refractivity contribution is -0.144. The maximum absolute atomic E-state index is 13.3. The van der Waals surface area contributed by atoms with E-state index in [2.05, 4.69) is 25.6 Å². The summed E-state index contributed by atoms with van der Waals surface area (Å²) in [5, 5.41) is 14.5. The van der Waals surface area contributed by atoms with Gasteiger partial charge < -0.3 is 29.4 Å². The minimum atomic E-state index is -1.19. The number of ether oxygens (including phenoxy) is 2. The molecule has 14 nitrogen and oxygen atoms in total. The Hall–Kier alpha value is -4.75. The number of alkyl carbamates (subject to hydrolysis) is 1. The van der Waals surface area contributed by atoms with Crippen LogP contribution in [0.3, 0.4) is 0 Å². The number of amides is 3. The van der Waals surface area contributed by atoms with Gasteiger partial charge in [-0.05, 0) is 32.8 Å². The number of nitrogens with one attached hydrogen (secondary N) is 2. The molecule has 1 saturated heterocycles. The number of carboxylic acid groups (broad SMARTS) is 1. The highest BCUT2D eigenvalue weighted by molar-refractivity contribution is 5.94. The minimum absolute atomic E-state index is 0.00783. The lowest BCUT2D eigenvalue weighted by Gasteiger charge is -2.24. The molecule has 3 aromatic rings. The smallest absolute Gasteiger partial charge is 0.413 e. The van der Waals surface area contributed by atoms with Crippen molar-refractivity contribution < 1.29 is 33.8 Å². The minimum Gasteiger partial charge on any atom is -0.480 e. The Morgan fingerprint density at radius 2 is 1.85 bits per heavy atom. The fraction of sp³-hybridized carbons (Fsp3) is 0.400. The highest BCUT2D eigenvalue weighted by Gasteiger charge is 2.42. The first-order valence-corrected chi connectivity index (χ1v) is 12.2. The van der Waals surface area contributed by atoms with Gasteiger partial charge in [0.1, 0.15) is 31.1 Å². The van der Waals surface area contributed by atoms with E-state index in [0.717, 1.165) is 5.56 Å². The van der Waals surface area contributed by atoms with E-state index in [4.69, 9.17) is 9.47 Å². The van der Waals surface area contributed by atoms with Crippen LogP contribution in [0, 0.1) is 0 Å². The number of fused-ring (bicyclic) bond motifs is 1. The number of anilines is 1. The molecule has 4 rings (SSSR count). The lowest BCUT2D eigenvalue weighted by Crippen LogP contribution is -2.45. The molecule has 3 heterocycles. The normalized spacial score (nSPS) is 17.2. The monoisotopic (exact) mass is 539 g/mol. The number of aliphatic carboxylic acids is 1. The molecule has 1 aliphatic rings. The zero-order chi connectivity index (χ0) is 28.2. The molecule has 1 fully saturated rings. The van der Waals surface area contributed by atoms with Crippen LogP contribution >= 0.6 is 0 Å². The molecule has 1 aliphatic heterocycles. The van der Waals surface area contributed by atoms with Crippen LogP contribution in [0.25, 0.3) is 11.2 Å². The van der Waals surface area contributed by atoms with Crippen molar-refractivity contribution in [2.75, 3.05) is 18.4 Å². The Balaban J connectivity index is 1.49. The summed E-state index contributed by atoms with van der Waals surface area (Å²) in [7, 11) is 0. The molecule has 0 spiro atoms. The van der Waals surface area contributed by atoms with Gasteiger partial charge in [-0.1, -0.05) is 30.3 Å². The summed E-state index contributed by atoms with van der Waals surface area (Å²) in [5.74, 6) is -1.57. The van der Waals surface area contributed by atoms with Gasteiger partial charge in [0.2, 0.25) is 5.91 Å². The Labute approximate surface area is 223 Å². The Morgan fingerprint density at radius 1 is 1.10 bits per heavy atom. The molecule has 39 heavy (non-hydrogen) atoms. The highest BCUT2D eigenvalue weighted by atomic mass is 16.6. The third-order valence-electron chi connectivity index (χ3n) is 5.82. The second-order valence-corrected chi connectivity index (χ2v) is 9.88. The molecule has 206 valence electrons. The fourth-order valence-corrected chi connectivity index (χ4v) is 4.18. The van der Waals surface area contributed by atoms with Crippen molar-refractivity contribution in [2.45, 2.75) is 51.5 Å². The molecule has 14 heteroatoms. The second kappa shape index (κ2) is 11.3. The van der Waals surface area contributed by atoms with Gasteiger partial charge >= 0.3 is 18.2 Å². The van der Waals surface area contributed by atoms with E-state index >= 15 is 0 Å². The summed E-state index contributed by atoms with van der Waals surface area (Å²) in [4.78, 5) is 63.0. The lowest BCUT2D eigenvalue weighted by atomic mass is 10.1. The third-order valence-corrected chi connectivity index (χ3v) is 5.82. The van der Waals surface area contributed by atoms with Crippen molar-refractivity contribution in [3.63, 3.8) is 0 Å². The maximum Gasteiger partial charge on any atom is 0.413 e. The van der Waals surface area contributed by atoms with E-state index in [9.17, 15) is 24.3 Å². The van der Waals surface area contributed by atoms with Gasteiger partial charge in [-0.3, -0.25) is 14.9 Å². The summed E-state index contributed by atoms with van der Waals surface area (Å²) >= 11 is 0. The van der Waals surface area contributed by atoms with Crippen LogP contribution in [0.15, 0.2) is 43.0 Å². The number of hydrogen-bond donors (Lipinski definition) is 3. The van der Waals surface area contributed by atoms with Gasteiger partial charge in [0.25, 0.3) is 0 Å². The van der Waals surface area contributed by atoms with Gasteiger partial charge in [-0.15, -0.1) is 0 Å². The van der Waals surface area contributed by atoms with E-state index in [1.807, 2.05) is 30.3 Å². The summed E-state index contributed by atoms with van der Waals surface area (Å²) < 4.78 is 12.0. The highest BCUT2D eigenvalue weighted by Crippen LogP contribution is 2.31. The van der Waals surface area contributed by atoms with Crippen LogP contribution in [0.5, 0.6) is 0 Å². The fourth-order valence-electron chi connectivity index (χ4n) is 4.18. The molecular formula is C25H29N7O7. The molecule has 0 saturated carbocycles. The molecule has 2 aromatic heterocycles. The van der Waals surface area contributed by atoms with Gasteiger partial charge in [-0.25, -0.2) is 24.5 Å². The number of benzene rings is 1. The van der Waals surface area contributed by atoms with Gasteiger partial charge in [0, 0.05) is 6.54 Å². The number of nitrogens with zero attached hydrogens (tertiary/aromatic N) is 5. The maximum atomic E-state index is 13.3. The topological polar surface area (TPSA) is 178 Å². The van der Waals surface area contributed by atoms with Gasteiger partial charge in [0.05, 0.1) is 12.4 Å². The molecule has 0 aliphatic carbocycles. The Morgan fingerprint density at radius 3 is 2.54 bits per heavy atom. The predicted octanol–water partition coefficient (Wildman–Crippen LogP) is 2.33. The van der Waals surface area contributed by atoms with Gasteiger partial charge in [-0.2, -0.15) is 0 Å². The Bertz CT molecular complexity index is 1370. The largest absolute Gasteiger partial charge is 0.480 e. The molecule has 2 atom stereocenters. The van der Waals surface area contributed by atoms with Crippen LogP contribution in [-0.4, -0.2) is 78.3 Å². The third kappa shape index (κ3) is 6.77. The van der Waals surface area contributed by atoms with Crippen molar-refractivity contribution in [2.24, 2.45) is 0 Å². The van der Waals surface area contributed by atoms with Crippen LogP contribution in [0.2, 0.25) is 0 Å². The molecule has 3 N–H and O–H groups in total. The molecule has 0 bridgehead atoms. The molecular weight excluding hydrogens is 510 g/mol. The van der Waals surface area contributed by atoms with Crippen LogP contribution in [0.1, 0.15) is 38.8 Å². The molecule has 1 aromatic carbocycles. The van der Waals surface area contributed by atoms with E-state index in [1.54, 1.807) is 20.8 Å². The number of carbonyl (C=O) groups excluding carboxylic acids is 3. The standard InChI is InChI=1S/C25H29N7O7/c1-25(2,3)39-23(36)26-10-16-9-17(22(35)31(16)11-18(33)34)32-14-29-19-20(27-13-28-21(19)32)30-24(37)38-12-15-7-5-4-6-8-15/h4-8,13-14,16-17H,9-12H2,1-3H3,(H,26,36)(H,33,34)(H,27,28,30,37)/t16-,17-/m1/s1. The zero-order valence-electron chi connectivity index (χ0n) is 21.7. The second-order valence-electron chi connectivity index (χ2n) is 9.88. The molecule has 3 amide bonds. The number of carboxylic acids is 1. The van der Waals surface area contributed by atoms with Crippen LogP contribution in [-0.2, 0) is 25.7 Å². The quantitative estimate of drug-likeness (QED) is 0.385. The number of carbonyl (C=O) groups is 4. The van der Waals surface area contributed by atoms with Crippen LogP contribution < -0.4 is 10.6 Å². The first-order valence-electron chi connectivity index (χ1n) is 12.2. The van der Waals surface area contributed by atoms with Crippen molar-refractivity contribution in [1.29, 1.82) is 0 Å². The SMILES string of the molecule is CC(C)(C)OC(=O)NC[C@H]1C[C@@H](n2cnc3c(NC(=O)OCc4ccccc4)ncnc32)C(=O)N1CC(=O)O. The first-order chi connectivity index (χ1) is 18.5. The number of imidazole rings is 1. The number of aromatic nitrogens is 4. The average Bonchev–Trinajstić information content (AvgIpc) is 3.42. The average molecular weight is 540 g/mol. The number of rotatable bonds is 8. The van der Waals surface area contributed by atoms with Crippen molar-refractivity contribution >= 4 is 41.0 Å². The molecule has 0 unspecified atom stereocenters. The van der Waals surface area contributed by atoms with E-state index < -0.39 is 48.3 Å². The summed E-state index contributed by atoms with van der Waals surface area (Å²) in [6.07, 6.45) is 1.35. The van der Waals surface area contributed by atoms with Crippen molar-refractivity contribution in [1.82, 2.24) is 29.7 Å². The van der Waals surface area contributed by atoms with E-state index in [0.29, 0.717) is 0 Å². The Kier molecular flexibility index (Phi) is 7.93. The van der Waals surface area contributed by atoms with Gasteiger partial charge in [0.15, 0.2) is 17.0 Å². The summed E-state index contributed by atoms with van der Waals surface area (Å²) in [6.45, 7) is 4.66. The number of likely N-dealkylation sites (tertiary alicyclic amines) is 1. The van der Waals surface area contributed by atoms with E-state index in [1.165, 1.54) is 22.1 Å².